The predicted molar refractivity (Wildman–Crippen MR) is 77.4 cm³/mol. The van der Waals surface area contributed by atoms with Crippen molar-refractivity contribution < 1.29 is 4.79 Å². The van der Waals surface area contributed by atoms with Crippen LogP contribution in [0.25, 0.3) is 0 Å². The van der Waals surface area contributed by atoms with Crippen LogP contribution in [0.2, 0.25) is 0 Å². The first-order chi connectivity index (χ1) is 9.69. The van der Waals surface area contributed by atoms with E-state index in [2.05, 4.69) is 27.6 Å². The van der Waals surface area contributed by atoms with Gasteiger partial charge in [-0.05, 0) is 18.6 Å². The molecule has 0 fully saturated rings. The van der Waals surface area contributed by atoms with Crippen molar-refractivity contribution >= 4 is 11.7 Å². The van der Waals surface area contributed by atoms with Crippen molar-refractivity contribution in [2.75, 3.05) is 11.9 Å². The van der Waals surface area contributed by atoms with Crippen LogP contribution in [0.15, 0.2) is 30.7 Å². The average molecular weight is 273 g/mol. The summed E-state index contributed by atoms with van der Waals surface area (Å²) in [5, 5.41) is 10.1. The Bertz CT molecular complexity index is 578. The molecule has 2 rings (SSSR count). The first-order valence-electron chi connectivity index (χ1n) is 6.64. The molecule has 6 heteroatoms. The molecule has 2 N–H and O–H groups in total. The molecule has 0 saturated carbocycles. The van der Waals surface area contributed by atoms with Crippen LogP contribution in [0.4, 0.5) is 5.82 Å². The summed E-state index contributed by atoms with van der Waals surface area (Å²) in [5.74, 6) is 0.608. The van der Waals surface area contributed by atoms with Crippen LogP contribution in [0.3, 0.4) is 0 Å². The highest BCUT2D eigenvalue weighted by molar-refractivity contribution is 5.94. The lowest BCUT2D eigenvalue weighted by atomic mass is 10.2. The molecule has 0 aromatic carbocycles. The van der Waals surface area contributed by atoms with Gasteiger partial charge in [-0.1, -0.05) is 6.92 Å². The third-order valence-corrected chi connectivity index (χ3v) is 2.79. The quantitative estimate of drug-likeness (QED) is 0.838. The molecule has 106 valence electrons. The van der Waals surface area contributed by atoms with Crippen LogP contribution in [0, 0.1) is 0 Å². The molecule has 2 heterocycles. The van der Waals surface area contributed by atoms with Crippen LogP contribution in [-0.2, 0) is 13.6 Å². The summed E-state index contributed by atoms with van der Waals surface area (Å²) >= 11 is 0. The summed E-state index contributed by atoms with van der Waals surface area (Å²) in [7, 11) is 1.85. The number of carbonyl (C=O) groups excluding carboxylic acids is 1. The molecule has 0 unspecified atom stereocenters. The molecule has 2 aromatic heterocycles. The highest BCUT2D eigenvalue weighted by Gasteiger charge is 2.07. The number of anilines is 1. The largest absolute Gasteiger partial charge is 0.370 e. The predicted octanol–water partition coefficient (Wildman–Crippen LogP) is 1.57. The smallest absolute Gasteiger partial charge is 0.251 e. The van der Waals surface area contributed by atoms with Crippen molar-refractivity contribution in [3.63, 3.8) is 0 Å². The lowest BCUT2D eigenvalue weighted by Crippen LogP contribution is -2.22. The second-order valence-electron chi connectivity index (χ2n) is 4.56. The van der Waals surface area contributed by atoms with Gasteiger partial charge in [-0.25, -0.2) is 4.98 Å². The van der Waals surface area contributed by atoms with Crippen molar-refractivity contribution in [3.8, 4) is 0 Å². The minimum absolute atomic E-state index is 0.115. The van der Waals surface area contributed by atoms with E-state index >= 15 is 0 Å². The molecular weight excluding hydrogens is 254 g/mol. The summed E-state index contributed by atoms with van der Waals surface area (Å²) in [6, 6.07) is 3.46. The minimum atomic E-state index is -0.115. The molecule has 0 aliphatic carbocycles. The Labute approximate surface area is 118 Å². The van der Waals surface area contributed by atoms with Gasteiger partial charge in [0.05, 0.1) is 6.20 Å². The summed E-state index contributed by atoms with van der Waals surface area (Å²) in [6.45, 7) is 3.39. The number of nitrogens with zero attached hydrogens (tertiary/aromatic N) is 3. The molecule has 0 aliphatic rings. The number of hydrogen-bond donors (Lipinski definition) is 2. The van der Waals surface area contributed by atoms with E-state index in [9.17, 15) is 4.79 Å². The first-order valence-corrected chi connectivity index (χ1v) is 6.64. The van der Waals surface area contributed by atoms with Crippen molar-refractivity contribution in [3.05, 3.63) is 41.9 Å². The van der Waals surface area contributed by atoms with Gasteiger partial charge in [0.25, 0.3) is 5.91 Å². The van der Waals surface area contributed by atoms with Crippen LogP contribution in [0.5, 0.6) is 0 Å². The molecule has 0 saturated heterocycles. The SMILES string of the molecule is CCCNc1cc(C(=O)NCc2cnn(C)c2)ccn1. The van der Waals surface area contributed by atoms with E-state index in [1.54, 1.807) is 29.2 Å². The average Bonchev–Trinajstić information content (AvgIpc) is 2.88. The van der Waals surface area contributed by atoms with Gasteiger partial charge in [0.15, 0.2) is 0 Å². The summed E-state index contributed by atoms with van der Waals surface area (Å²) in [6.07, 6.45) is 6.26. The Kier molecular flexibility index (Phi) is 4.70. The zero-order valence-electron chi connectivity index (χ0n) is 11.8. The highest BCUT2D eigenvalue weighted by Crippen LogP contribution is 2.07. The van der Waals surface area contributed by atoms with E-state index in [1.165, 1.54) is 0 Å². The van der Waals surface area contributed by atoms with Crippen molar-refractivity contribution in [2.45, 2.75) is 19.9 Å². The van der Waals surface area contributed by atoms with Gasteiger partial charge in [0.1, 0.15) is 5.82 Å². The van der Waals surface area contributed by atoms with Crippen LogP contribution >= 0.6 is 0 Å². The van der Waals surface area contributed by atoms with E-state index < -0.39 is 0 Å². The second kappa shape index (κ2) is 6.70. The standard InChI is InChI=1S/C14H19N5O/c1-3-5-15-13-7-12(4-6-16-13)14(20)17-8-11-9-18-19(2)10-11/h4,6-7,9-10H,3,5,8H2,1-2H3,(H,15,16)(H,17,20). The minimum Gasteiger partial charge on any atom is -0.370 e. The van der Waals surface area contributed by atoms with E-state index in [0.29, 0.717) is 12.1 Å². The molecule has 0 aliphatic heterocycles. The number of carbonyl (C=O) groups is 1. The maximum Gasteiger partial charge on any atom is 0.251 e. The van der Waals surface area contributed by atoms with Crippen molar-refractivity contribution in [2.24, 2.45) is 7.05 Å². The zero-order chi connectivity index (χ0) is 14.4. The van der Waals surface area contributed by atoms with Crippen LogP contribution < -0.4 is 10.6 Å². The Morgan fingerprint density at radius 3 is 3.00 bits per heavy atom. The maximum absolute atomic E-state index is 12.1. The number of amides is 1. The van der Waals surface area contributed by atoms with E-state index in [-0.39, 0.29) is 5.91 Å². The van der Waals surface area contributed by atoms with Gasteiger partial charge in [0.2, 0.25) is 0 Å². The Hall–Kier alpha value is -2.37. The fourth-order valence-electron chi connectivity index (χ4n) is 1.77. The van der Waals surface area contributed by atoms with Crippen molar-refractivity contribution in [1.29, 1.82) is 0 Å². The van der Waals surface area contributed by atoms with E-state index in [1.807, 2.05) is 13.2 Å². The molecule has 0 atom stereocenters. The lowest BCUT2D eigenvalue weighted by molar-refractivity contribution is 0.0951. The maximum atomic E-state index is 12.1. The lowest BCUT2D eigenvalue weighted by Gasteiger charge is -2.07. The summed E-state index contributed by atoms with van der Waals surface area (Å²) in [4.78, 5) is 16.2. The van der Waals surface area contributed by atoms with Gasteiger partial charge in [0, 0.05) is 43.7 Å². The Morgan fingerprint density at radius 1 is 1.45 bits per heavy atom. The van der Waals surface area contributed by atoms with Gasteiger partial charge in [-0.15, -0.1) is 0 Å². The Balaban J connectivity index is 1.94. The monoisotopic (exact) mass is 273 g/mol. The summed E-state index contributed by atoms with van der Waals surface area (Å²) < 4.78 is 1.71. The van der Waals surface area contributed by atoms with Gasteiger partial charge in [-0.3, -0.25) is 9.48 Å². The zero-order valence-corrected chi connectivity index (χ0v) is 11.8. The van der Waals surface area contributed by atoms with Crippen LogP contribution in [-0.4, -0.2) is 27.2 Å². The molecule has 0 radical (unpaired) electrons. The Morgan fingerprint density at radius 2 is 2.30 bits per heavy atom. The normalized spacial score (nSPS) is 10.3. The first kappa shape index (κ1) is 14.0. The molecule has 0 spiro atoms. The molecular formula is C14H19N5O. The van der Waals surface area contributed by atoms with Crippen molar-refractivity contribution in [1.82, 2.24) is 20.1 Å². The molecule has 0 bridgehead atoms. The van der Waals surface area contributed by atoms with E-state index in [4.69, 9.17) is 0 Å². The third-order valence-electron chi connectivity index (χ3n) is 2.79. The second-order valence-corrected chi connectivity index (χ2v) is 4.56. The molecule has 1 amide bonds. The number of rotatable bonds is 6. The topological polar surface area (TPSA) is 71.8 Å². The molecule has 6 nitrogen and oxygen atoms in total. The van der Waals surface area contributed by atoms with Gasteiger partial charge in [-0.2, -0.15) is 5.10 Å². The number of hydrogen-bond acceptors (Lipinski definition) is 4. The number of pyridine rings is 1. The van der Waals surface area contributed by atoms with E-state index in [0.717, 1.165) is 24.3 Å². The fraction of sp³-hybridized carbons (Fsp3) is 0.357. The molecule has 20 heavy (non-hydrogen) atoms. The van der Waals surface area contributed by atoms with Gasteiger partial charge < -0.3 is 10.6 Å². The fourth-order valence-corrected chi connectivity index (χ4v) is 1.77. The summed E-state index contributed by atoms with van der Waals surface area (Å²) in [5.41, 5.74) is 1.57. The highest BCUT2D eigenvalue weighted by atomic mass is 16.1. The number of aromatic nitrogens is 3. The third kappa shape index (κ3) is 3.81. The number of nitrogens with one attached hydrogen (secondary N) is 2. The van der Waals surface area contributed by atoms with Crippen LogP contribution in [0.1, 0.15) is 29.3 Å². The molecule has 2 aromatic rings. The number of aryl methyl sites for hydroxylation is 1. The van der Waals surface area contributed by atoms with Gasteiger partial charge >= 0.3 is 0 Å².